The van der Waals surface area contributed by atoms with Gasteiger partial charge in [0, 0.05) is 17.0 Å². The average molecular weight is 434 g/mol. The molecular weight excluding hydrogens is 414 g/mol. The second kappa shape index (κ2) is 9.02. The van der Waals surface area contributed by atoms with Gasteiger partial charge in [0.25, 0.3) is 5.91 Å². The van der Waals surface area contributed by atoms with Gasteiger partial charge in [-0.25, -0.2) is 4.79 Å². The summed E-state index contributed by atoms with van der Waals surface area (Å²) in [6.07, 6.45) is 0. The van der Waals surface area contributed by atoms with E-state index in [0.29, 0.717) is 29.4 Å². The number of esters is 1. The van der Waals surface area contributed by atoms with Gasteiger partial charge in [-0.05, 0) is 41.5 Å². The molecule has 3 aromatic carbocycles. The normalized spacial score (nSPS) is 10.8. The molecule has 156 valence electrons. The SMILES string of the molecule is COC(=O)c1ccc(CNC(=O)c2c3ccccc3nn2Cc2ccc(Cl)cc2)cc1. The first kappa shape index (κ1) is 20.6. The van der Waals surface area contributed by atoms with Crippen LogP contribution < -0.4 is 5.32 Å². The first-order chi connectivity index (χ1) is 15.0. The average Bonchev–Trinajstić information content (AvgIpc) is 3.16. The van der Waals surface area contributed by atoms with Crippen LogP contribution in [0.2, 0.25) is 5.02 Å². The van der Waals surface area contributed by atoms with Crippen LogP contribution in [0.25, 0.3) is 10.9 Å². The molecule has 1 heterocycles. The Morgan fingerprint density at radius 2 is 1.65 bits per heavy atom. The Labute approximate surface area is 184 Å². The van der Waals surface area contributed by atoms with E-state index in [-0.39, 0.29) is 5.91 Å². The van der Waals surface area contributed by atoms with Crippen molar-refractivity contribution in [2.24, 2.45) is 0 Å². The molecule has 6 nitrogen and oxygen atoms in total. The lowest BCUT2D eigenvalue weighted by Gasteiger charge is -2.10. The summed E-state index contributed by atoms with van der Waals surface area (Å²) in [4.78, 5) is 24.7. The van der Waals surface area contributed by atoms with E-state index in [1.54, 1.807) is 28.9 Å². The van der Waals surface area contributed by atoms with Crippen molar-refractivity contribution in [3.63, 3.8) is 0 Å². The van der Waals surface area contributed by atoms with Crippen LogP contribution in [-0.4, -0.2) is 28.8 Å². The summed E-state index contributed by atoms with van der Waals surface area (Å²) < 4.78 is 6.42. The highest BCUT2D eigenvalue weighted by Gasteiger charge is 2.18. The van der Waals surface area contributed by atoms with Crippen molar-refractivity contribution in [3.05, 3.63) is 100 Å². The van der Waals surface area contributed by atoms with Crippen molar-refractivity contribution in [2.75, 3.05) is 7.11 Å². The number of aromatic nitrogens is 2. The molecule has 0 fully saturated rings. The van der Waals surface area contributed by atoms with Gasteiger partial charge in [-0.1, -0.05) is 54.1 Å². The lowest BCUT2D eigenvalue weighted by Crippen LogP contribution is -2.26. The number of hydrogen-bond donors (Lipinski definition) is 1. The number of methoxy groups -OCH3 is 1. The first-order valence-corrected chi connectivity index (χ1v) is 10.1. The van der Waals surface area contributed by atoms with Gasteiger partial charge in [-0.2, -0.15) is 5.10 Å². The molecule has 0 unspecified atom stereocenters. The summed E-state index contributed by atoms with van der Waals surface area (Å²) in [5.41, 5.74) is 3.57. The summed E-state index contributed by atoms with van der Waals surface area (Å²) in [6, 6.07) is 21.9. The highest BCUT2D eigenvalue weighted by Crippen LogP contribution is 2.20. The number of nitrogens with one attached hydrogen (secondary N) is 1. The van der Waals surface area contributed by atoms with Crippen LogP contribution in [0.3, 0.4) is 0 Å². The molecule has 0 atom stereocenters. The first-order valence-electron chi connectivity index (χ1n) is 9.70. The van der Waals surface area contributed by atoms with Crippen LogP contribution in [-0.2, 0) is 17.8 Å². The van der Waals surface area contributed by atoms with E-state index in [0.717, 1.165) is 22.0 Å². The predicted octanol–water partition coefficient (Wildman–Crippen LogP) is 4.45. The number of benzene rings is 3. The van der Waals surface area contributed by atoms with Crippen LogP contribution in [0.5, 0.6) is 0 Å². The van der Waals surface area contributed by atoms with E-state index in [2.05, 4.69) is 10.4 Å². The molecule has 0 aliphatic carbocycles. The third-order valence-electron chi connectivity index (χ3n) is 4.93. The van der Waals surface area contributed by atoms with Gasteiger partial charge in [0.05, 0.1) is 24.7 Å². The number of hydrogen-bond acceptors (Lipinski definition) is 4. The molecular formula is C24H20ClN3O3. The van der Waals surface area contributed by atoms with Crippen molar-refractivity contribution in [1.29, 1.82) is 0 Å². The van der Waals surface area contributed by atoms with Gasteiger partial charge in [0.15, 0.2) is 0 Å². The van der Waals surface area contributed by atoms with Crippen molar-refractivity contribution in [1.82, 2.24) is 15.1 Å². The minimum atomic E-state index is -0.395. The second-order valence-electron chi connectivity index (χ2n) is 7.02. The Hall–Kier alpha value is -3.64. The molecule has 0 aliphatic rings. The maximum absolute atomic E-state index is 13.1. The van der Waals surface area contributed by atoms with Crippen molar-refractivity contribution >= 4 is 34.4 Å². The molecule has 1 N–H and O–H groups in total. The van der Waals surface area contributed by atoms with E-state index in [1.165, 1.54) is 7.11 Å². The van der Waals surface area contributed by atoms with Crippen LogP contribution in [0.15, 0.2) is 72.8 Å². The molecule has 0 radical (unpaired) electrons. The molecule has 4 aromatic rings. The maximum atomic E-state index is 13.1. The van der Waals surface area contributed by atoms with Crippen molar-refractivity contribution in [2.45, 2.75) is 13.1 Å². The fourth-order valence-electron chi connectivity index (χ4n) is 3.34. The maximum Gasteiger partial charge on any atom is 0.337 e. The number of ether oxygens (including phenoxy) is 1. The van der Waals surface area contributed by atoms with E-state index < -0.39 is 5.97 Å². The summed E-state index contributed by atoms with van der Waals surface area (Å²) >= 11 is 5.98. The molecule has 31 heavy (non-hydrogen) atoms. The molecule has 1 aromatic heterocycles. The number of amides is 1. The van der Waals surface area contributed by atoms with E-state index >= 15 is 0 Å². The Balaban J connectivity index is 1.56. The fourth-order valence-corrected chi connectivity index (χ4v) is 3.47. The number of fused-ring (bicyclic) bond motifs is 1. The lowest BCUT2D eigenvalue weighted by atomic mass is 10.1. The monoisotopic (exact) mass is 433 g/mol. The molecule has 0 aliphatic heterocycles. The smallest absolute Gasteiger partial charge is 0.337 e. The van der Waals surface area contributed by atoms with Crippen LogP contribution in [0.1, 0.15) is 32.0 Å². The van der Waals surface area contributed by atoms with E-state index in [1.807, 2.05) is 48.5 Å². The lowest BCUT2D eigenvalue weighted by molar-refractivity contribution is 0.0600. The highest BCUT2D eigenvalue weighted by molar-refractivity contribution is 6.30. The largest absolute Gasteiger partial charge is 0.465 e. The Kier molecular flexibility index (Phi) is 6.00. The Bertz CT molecular complexity index is 1230. The van der Waals surface area contributed by atoms with Gasteiger partial charge >= 0.3 is 5.97 Å². The highest BCUT2D eigenvalue weighted by atomic mass is 35.5. The molecule has 7 heteroatoms. The number of carbonyl (C=O) groups is 2. The van der Waals surface area contributed by atoms with Crippen LogP contribution in [0.4, 0.5) is 0 Å². The van der Waals surface area contributed by atoms with Gasteiger partial charge in [-0.3, -0.25) is 9.48 Å². The van der Waals surface area contributed by atoms with Gasteiger partial charge in [0.2, 0.25) is 0 Å². The predicted molar refractivity (Wildman–Crippen MR) is 119 cm³/mol. The molecule has 0 saturated heterocycles. The quantitative estimate of drug-likeness (QED) is 0.456. The molecule has 0 bridgehead atoms. The summed E-state index contributed by atoms with van der Waals surface area (Å²) in [5.74, 6) is -0.618. The number of halogens is 1. The number of rotatable bonds is 6. The summed E-state index contributed by atoms with van der Waals surface area (Å²) in [6.45, 7) is 0.767. The number of nitrogens with zero attached hydrogens (tertiary/aromatic N) is 2. The van der Waals surface area contributed by atoms with E-state index in [9.17, 15) is 9.59 Å². The standard InChI is InChI=1S/C24H20ClN3O3/c1-31-24(30)18-10-6-16(7-11-18)14-26-23(29)22-20-4-2-3-5-21(20)27-28(22)15-17-8-12-19(25)13-9-17/h2-13H,14-15H2,1H3,(H,26,29). The van der Waals surface area contributed by atoms with Gasteiger partial charge in [-0.15, -0.1) is 0 Å². The molecule has 0 saturated carbocycles. The summed E-state index contributed by atoms with van der Waals surface area (Å²) in [5, 5.41) is 9.02. The zero-order valence-electron chi connectivity index (χ0n) is 16.8. The van der Waals surface area contributed by atoms with Gasteiger partial charge in [0.1, 0.15) is 5.69 Å². The third-order valence-corrected chi connectivity index (χ3v) is 5.19. The molecule has 1 amide bonds. The topological polar surface area (TPSA) is 73.2 Å². The molecule has 0 spiro atoms. The van der Waals surface area contributed by atoms with Crippen molar-refractivity contribution in [3.8, 4) is 0 Å². The number of carbonyl (C=O) groups excluding carboxylic acids is 2. The van der Waals surface area contributed by atoms with Crippen LogP contribution in [0, 0.1) is 0 Å². The van der Waals surface area contributed by atoms with Crippen molar-refractivity contribution < 1.29 is 14.3 Å². The molecule has 4 rings (SSSR count). The second-order valence-corrected chi connectivity index (χ2v) is 7.46. The summed E-state index contributed by atoms with van der Waals surface area (Å²) in [7, 11) is 1.34. The minimum absolute atomic E-state index is 0.222. The minimum Gasteiger partial charge on any atom is -0.465 e. The van der Waals surface area contributed by atoms with E-state index in [4.69, 9.17) is 16.3 Å². The van der Waals surface area contributed by atoms with Gasteiger partial charge < -0.3 is 10.1 Å². The Morgan fingerprint density at radius 3 is 2.35 bits per heavy atom. The fraction of sp³-hybridized carbons (Fsp3) is 0.125. The zero-order chi connectivity index (χ0) is 21.8. The zero-order valence-corrected chi connectivity index (χ0v) is 17.6. The third kappa shape index (κ3) is 4.59. The van der Waals surface area contributed by atoms with Crippen LogP contribution >= 0.6 is 11.6 Å². The Morgan fingerprint density at radius 1 is 0.968 bits per heavy atom.